The van der Waals surface area contributed by atoms with Crippen molar-refractivity contribution in [1.29, 1.82) is 0 Å². The number of thioether (sulfide) groups is 1. The zero-order valence-electron chi connectivity index (χ0n) is 15.1. The van der Waals surface area contributed by atoms with E-state index in [1.54, 1.807) is 11.0 Å². The fourth-order valence-corrected chi connectivity index (χ4v) is 4.26. The van der Waals surface area contributed by atoms with Crippen LogP contribution in [0.5, 0.6) is 0 Å². The predicted octanol–water partition coefficient (Wildman–Crippen LogP) is 4.94. The second-order valence-electron chi connectivity index (χ2n) is 6.50. The number of rotatable bonds is 5. The van der Waals surface area contributed by atoms with E-state index < -0.39 is 11.7 Å². The van der Waals surface area contributed by atoms with Gasteiger partial charge in [-0.2, -0.15) is 13.2 Å². The molecule has 150 valence electrons. The van der Waals surface area contributed by atoms with E-state index >= 15 is 0 Å². The van der Waals surface area contributed by atoms with Crippen LogP contribution >= 0.6 is 23.4 Å². The highest BCUT2D eigenvalue weighted by Gasteiger charge is 2.31. The summed E-state index contributed by atoms with van der Waals surface area (Å²) < 4.78 is 38.7. The number of piperazine rings is 1. The summed E-state index contributed by atoms with van der Waals surface area (Å²) in [5, 5.41) is 0.692. The predicted molar refractivity (Wildman–Crippen MR) is 108 cm³/mol. The summed E-state index contributed by atoms with van der Waals surface area (Å²) in [6.45, 7) is 2.04. The number of hydrogen-bond donors (Lipinski definition) is 0. The maximum atomic E-state index is 12.9. The molecule has 0 aliphatic carbocycles. The third-order valence-electron chi connectivity index (χ3n) is 4.61. The Bertz CT molecular complexity index is 823. The number of halogens is 4. The molecule has 0 N–H and O–H groups in total. The highest BCUT2D eigenvalue weighted by Crippen LogP contribution is 2.32. The van der Waals surface area contributed by atoms with Crippen LogP contribution in [-0.4, -0.2) is 42.7 Å². The Labute approximate surface area is 171 Å². The van der Waals surface area contributed by atoms with Crippen molar-refractivity contribution >= 4 is 35.0 Å². The Morgan fingerprint density at radius 3 is 2.43 bits per heavy atom. The van der Waals surface area contributed by atoms with Crippen LogP contribution in [0.2, 0.25) is 5.02 Å². The molecule has 0 unspecified atom stereocenters. The van der Waals surface area contributed by atoms with Crippen LogP contribution in [0.1, 0.15) is 11.1 Å². The van der Waals surface area contributed by atoms with E-state index in [2.05, 4.69) is 0 Å². The molecule has 1 aliphatic rings. The first-order chi connectivity index (χ1) is 13.3. The van der Waals surface area contributed by atoms with Gasteiger partial charge in [-0.05, 0) is 29.8 Å². The van der Waals surface area contributed by atoms with E-state index in [1.807, 2.05) is 29.2 Å². The average Bonchev–Trinajstić information content (AvgIpc) is 2.69. The number of carbonyl (C=O) groups excluding carboxylic acids is 1. The summed E-state index contributed by atoms with van der Waals surface area (Å²) in [7, 11) is 0. The van der Waals surface area contributed by atoms with Crippen molar-refractivity contribution in [3.8, 4) is 0 Å². The summed E-state index contributed by atoms with van der Waals surface area (Å²) in [6, 6.07) is 12.9. The number of anilines is 1. The minimum absolute atomic E-state index is 0.0424. The number of amides is 1. The zero-order valence-corrected chi connectivity index (χ0v) is 16.7. The van der Waals surface area contributed by atoms with Crippen LogP contribution < -0.4 is 4.90 Å². The lowest BCUT2D eigenvalue weighted by Crippen LogP contribution is -2.49. The second-order valence-corrected chi connectivity index (χ2v) is 7.89. The van der Waals surface area contributed by atoms with Gasteiger partial charge in [0.15, 0.2) is 0 Å². The summed E-state index contributed by atoms with van der Waals surface area (Å²) in [5.74, 6) is 1.06. The van der Waals surface area contributed by atoms with Gasteiger partial charge in [-0.3, -0.25) is 4.79 Å². The molecule has 0 atom stereocenters. The molecule has 0 saturated carbocycles. The van der Waals surface area contributed by atoms with Gasteiger partial charge in [-0.1, -0.05) is 35.9 Å². The number of carbonyl (C=O) groups is 1. The van der Waals surface area contributed by atoms with E-state index in [-0.39, 0.29) is 5.91 Å². The summed E-state index contributed by atoms with van der Waals surface area (Å²) in [4.78, 5) is 16.1. The minimum atomic E-state index is -4.35. The van der Waals surface area contributed by atoms with Crippen LogP contribution in [0.4, 0.5) is 18.9 Å². The topological polar surface area (TPSA) is 23.6 Å². The van der Waals surface area contributed by atoms with Gasteiger partial charge in [0.05, 0.1) is 11.3 Å². The van der Waals surface area contributed by atoms with Crippen molar-refractivity contribution in [2.45, 2.75) is 11.9 Å². The molecule has 1 aliphatic heterocycles. The van der Waals surface area contributed by atoms with Crippen LogP contribution in [0.25, 0.3) is 0 Å². The lowest BCUT2D eigenvalue weighted by atomic mass is 10.1. The fraction of sp³-hybridized carbons (Fsp3) is 0.350. The molecule has 1 heterocycles. The zero-order chi connectivity index (χ0) is 20.1. The largest absolute Gasteiger partial charge is 0.416 e. The van der Waals surface area contributed by atoms with Crippen LogP contribution in [0.15, 0.2) is 48.5 Å². The van der Waals surface area contributed by atoms with Crippen molar-refractivity contribution < 1.29 is 18.0 Å². The normalized spacial score (nSPS) is 15.0. The van der Waals surface area contributed by atoms with Crippen LogP contribution in [0, 0.1) is 0 Å². The molecular weight excluding hydrogens is 409 g/mol. The molecule has 1 saturated heterocycles. The first-order valence-electron chi connectivity index (χ1n) is 8.86. The molecule has 28 heavy (non-hydrogen) atoms. The quantitative estimate of drug-likeness (QED) is 0.673. The Hall–Kier alpha value is -1.86. The summed E-state index contributed by atoms with van der Waals surface area (Å²) in [6.07, 6.45) is -4.35. The third kappa shape index (κ3) is 5.35. The maximum absolute atomic E-state index is 12.9. The third-order valence-corrected chi connectivity index (χ3v) is 5.95. The first kappa shape index (κ1) is 20.9. The molecule has 0 radical (unpaired) electrons. The van der Waals surface area contributed by atoms with Gasteiger partial charge in [0.25, 0.3) is 0 Å². The Kier molecular flexibility index (Phi) is 6.78. The highest BCUT2D eigenvalue weighted by atomic mass is 35.5. The molecule has 0 bridgehead atoms. The average molecular weight is 429 g/mol. The number of hydrogen-bond acceptors (Lipinski definition) is 3. The standard InChI is InChI=1S/C20H20ClF3N2OS/c21-18-7-2-1-4-15(18)13-28-14-19(27)26-10-8-25(9-11-26)17-6-3-5-16(12-17)20(22,23)24/h1-7,12H,8-11,13-14H2. The first-order valence-corrected chi connectivity index (χ1v) is 10.4. The molecular formula is C20H20ClF3N2OS. The Morgan fingerprint density at radius 2 is 1.75 bits per heavy atom. The Morgan fingerprint density at radius 1 is 1.04 bits per heavy atom. The lowest BCUT2D eigenvalue weighted by molar-refractivity contribution is -0.137. The number of nitrogens with zero attached hydrogens (tertiary/aromatic N) is 2. The van der Waals surface area contributed by atoms with E-state index in [0.717, 1.165) is 17.7 Å². The van der Waals surface area contributed by atoms with Crippen LogP contribution in [-0.2, 0) is 16.7 Å². The summed E-state index contributed by atoms with van der Waals surface area (Å²) in [5.41, 5.74) is 0.880. The van der Waals surface area contributed by atoms with Crippen LogP contribution in [0.3, 0.4) is 0 Å². The van der Waals surface area contributed by atoms with Crippen molar-refractivity contribution in [2.75, 3.05) is 36.8 Å². The number of benzene rings is 2. The second kappa shape index (κ2) is 9.09. The van der Waals surface area contributed by atoms with Gasteiger partial charge in [0, 0.05) is 42.6 Å². The van der Waals surface area contributed by atoms with E-state index in [9.17, 15) is 18.0 Å². The smallest absolute Gasteiger partial charge is 0.368 e. The molecule has 3 nitrogen and oxygen atoms in total. The van der Waals surface area contributed by atoms with E-state index in [4.69, 9.17) is 11.6 Å². The van der Waals surface area contributed by atoms with E-state index in [1.165, 1.54) is 17.8 Å². The van der Waals surface area contributed by atoms with Crippen molar-refractivity contribution in [3.05, 3.63) is 64.7 Å². The van der Waals surface area contributed by atoms with Gasteiger partial charge in [-0.25, -0.2) is 0 Å². The van der Waals surface area contributed by atoms with Gasteiger partial charge in [0.1, 0.15) is 0 Å². The van der Waals surface area contributed by atoms with Gasteiger partial charge in [-0.15, -0.1) is 11.8 Å². The molecule has 8 heteroatoms. The molecule has 2 aromatic rings. The molecule has 0 spiro atoms. The molecule has 3 rings (SSSR count). The maximum Gasteiger partial charge on any atom is 0.416 e. The summed E-state index contributed by atoms with van der Waals surface area (Å²) >= 11 is 7.63. The van der Waals surface area contributed by atoms with Crippen molar-refractivity contribution in [3.63, 3.8) is 0 Å². The molecule has 1 amide bonds. The molecule has 2 aromatic carbocycles. The van der Waals surface area contributed by atoms with Gasteiger partial charge in [0.2, 0.25) is 5.91 Å². The SMILES string of the molecule is O=C(CSCc1ccccc1Cl)N1CCN(c2cccc(C(F)(F)F)c2)CC1. The van der Waals surface area contributed by atoms with E-state index in [0.29, 0.717) is 48.4 Å². The monoisotopic (exact) mass is 428 g/mol. The molecule has 0 aromatic heterocycles. The van der Waals surface area contributed by atoms with Gasteiger partial charge >= 0.3 is 6.18 Å². The lowest BCUT2D eigenvalue weighted by Gasteiger charge is -2.36. The minimum Gasteiger partial charge on any atom is -0.368 e. The van der Waals surface area contributed by atoms with Crippen molar-refractivity contribution in [2.24, 2.45) is 0 Å². The highest BCUT2D eigenvalue weighted by molar-refractivity contribution is 7.99. The fourth-order valence-electron chi connectivity index (χ4n) is 3.05. The molecule has 1 fully saturated rings. The van der Waals surface area contributed by atoms with Crippen molar-refractivity contribution in [1.82, 2.24) is 4.90 Å². The number of alkyl halides is 3. The van der Waals surface area contributed by atoms with Gasteiger partial charge < -0.3 is 9.80 Å². The Balaban J connectivity index is 1.48.